The summed E-state index contributed by atoms with van der Waals surface area (Å²) in [7, 11) is 0. The molecule has 35 heavy (non-hydrogen) atoms. The van der Waals surface area contributed by atoms with Crippen molar-refractivity contribution in [2.24, 2.45) is 0 Å². The zero-order valence-corrected chi connectivity index (χ0v) is 24.1. The molecule has 2 N–H and O–H groups in total. The van der Waals surface area contributed by atoms with Crippen LogP contribution in [-0.2, 0) is 9.47 Å². The molecule has 0 aromatic carbocycles. The molecule has 1 aliphatic rings. The summed E-state index contributed by atoms with van der Waals surface area (Å²) in [4.78, 5) is 0. The molecule has 0 aromatic rings. The average molecular weight is 499 g/mol. The summed E-state index contributed by atoms with van der Waals surface area (Å²) >= 11 is 0. The number of rotatable bonds is 24. The summed E-state index contributed by atoms with van der Waals surface area (Å²) in [6.45, 7) is 8.31. The first-order valence-corrected chi connectivity index (χ1v) is 15.6. The first-order valence-electron chi connectivity index (χ1n) is 15.6. The monoisotopic (exact) mass is 498 g/mol. The lowest BCUT2D eigenvalue weighted by atomic mass is 9.95. The van der Waals surface area contributed by atoms with E-state index in [4.69, 9.17) is 9.47 Å². The first kappa shape index (κ1) is 32.9. The lowest BCUT2D eigenvalue weighted by Crippen LogP contribution is -2.42. The standard InChI is InChI=1S/C31H62O4/c1-5-7-9-11-13-15-17-19-21-23-25-27(32)29-30(35-31(3,4)34-29)28(33)26-24-22-20-18-16-14-12-10-8-6-2/h27-30,32-33H,5-26H2,1-4H3/t27-,28-,29+,30+/m1/s1. The molecule has 0 saturated carbocycles. The lowest BCUT2D eigenvalue weighted by molar-refractivity contribution is -0.161. The lowest BCUT2D eigenvalue weighted by Gasteiger charge is -2.26. The molecule has 4 atom stereocenters. The number of ether oxygens (including phenoxy) is 2. The molecule has 1 rings (SSSR count). The smallest absolute Gasteiger partial charge is 0.164 e. The first-order chi connectivity index (χ1) is 16.9. The van der Waals surface area contributed by atoms with Crippen LogP contribution in [0.1, 0.15) is 169 Å². The molecule has 0 amide bonds. The fourth-order valence-electron chi connectivity index (χ4n) is 5.42. The summed E-state index contributed by atoms with van der Waals surface area (Å²) in [5.41, 5.74) is 0. The Morgan fingerprint density at radius 1 is 0.486 bits per heavy atom. The van der Waals surface area contributed by atoms with Crippen LogP contribution in [0, 0.1) is 0 Å². The van der Waals surface area contributed by atoms with Gasteiger partial charge in [0.25, 0.3) is 0 Å². The van der Waals surface area contributed by atoms with Gasteiger partial charge in [0.15, 0.2) is 5.79 Å². The third-order valence-corrected chi connectivity index (χ3v) is 7.63. The van der Waals surface area contributed by atoms with Crippen molar-refractivity contribution in [2.45, 2.75) is 199 Å². The third kappa shape index (κ3) is 16.3. The van der Waals surface area contributed by atoms with Gasteiger partial charge in [0.1, 0.15) is 12.2 Å². The van der Waals surface area contributed by atoms with E-state index in [0.29, 0.717) is 0 Å². The minimum Gasteiger partial charge on any atom is -0.390 e. The quantitative estimate of drug-likeness (QED) is 0.130. The highest BCUT2D eigenvalue weighted by Gasteiger charge is 2.47. The summed E-state index contributed by atoms with van der Waals surface area (Å²) in [5, 5.41) is 21.7. The normalized spacial score (nSPS) is 21.4. The molecule has 1 heterocycles. The molecule has 1 aliphatic heterocycles. The maximum atomic E-state index is 10.9. The number of aliphatic hydroxyl groups is 2. The van der Waals surface area contributed by atoms with Crippen LogP contribution < -0.4 is 0 Å². The van der Waals surface area contributed by atoms with Crippen molar-refractivity contribution in [3.05, 3.63) is 0 Å². The minimum atomic E-state index is -0.743. The van der Waals surface area contributed by atoms with Crippen molar-refractivity contribution in [2.75, 3.05) is 0 Å². The highest BCUT2D eigenvalue weighted by atomic mass is 16.8. The fraction of sp³-hybridized carbons (Fsp3) is 1.00. The molecule has 4 heteroatoms. The largest absolute Gasteiger partial charge is 0.390 e. The van der Waals surface area contributed by atoms with Crippen molar-refractivity contribution in [3.63, 3.8) is 0 Å². The van der Waals surface area contributed by atoms with Crippen LogP contribution in [0.2, 0.25) is 0 Å². The van der Waals surface area contributed by atoms with E-state index in [1.165, 1.54) is 103 Å². The maximum absolute atomic E-state index is 10.9. The van der Waals surface area contributed by atoms with Gasteiger partial charge in [-0.2, -0.15) is 0 Å². The summed E-state index contributed by atoms with van der Waals surface area (Å²) in [6.07, 6.45) is 25.2. The molecular weight excluding hydrogens is 436 g/mol. The number of hydrogen-bond donors (Lipinski definition) is 2. The number of unbranched alkanes of at least 4 members (excludes halogenated alkanes) is 18. The Balaban J connectivity index is 2.18. The van der Waals surface area contributed by atoms with E-state index in [1.807, 2.05) is 13.8 Å². The van der Waals surface area contributed by atoms with Gasteiger partial charge in [0.2, 0.25) is 0 Å². The summed E-state index contributed by atoms with van der Waals surface area (Å²) < 4.78 is 12.1. The van der Waals surface area contributed by atoms with Crippen molar-refractivity contribution in [3.8, 4) is 0 Å². The molecular formula is C31H62O4. The molecule has 4 nitrogen and oxygen atoms in total. The molecule has 0 unspecified atom stereocenters. The van der Waals surface area contributed by atoms with E-state index >= 15 is 0 Å². The van der Waals surface area contributed by atoms with Gasteiger partial charge in [-0.15, -0.1) is 0 Å². The topological polar surface area (TPSA) is 58.9 Å². The Morgan fingerprint density at radius 3 is 1.03 bits per heavy atom. The molecule has 0 aromatic heterocycles. The van der Waals surface area contributed by atoms with Gasteiger partial charge < -0.3 is 19.7 Å². The molecule has 1 fully saturated rings. The van der Waals surface area contributed by atoms with E-state index in [1.54, 1.807) is 0 Å². The zero-order chi connectivity index (χ0) is 25.8. The van der Waals surface area contributed by atoms with Crippen LogP contribution in [0.3, 0.4) is 0 Å². The molecule has 210 valence electrons. The van der Waals surface area contributed by atoms with E-state index in [9.17, 15) is 10.2 Å². The van der Waals surface area contributed by atoms with Crippen LogP contribution in [-0.4, -0.2) is 40.4 Å². The van der Waals surface area contributed by atoms with Crippen LogP contribution in [0.15, 0.2) is 0 Å². The second-order valence-corrected chi connectivity index (χ2v) is 11.6. The zero-order valence-electron chi connectivity index (χ0n) is 24.1. The average Bonchev–Trinajstić information content (AvgIpc) is 3.17. The number of aliphatic hydroxyl groups excluding tert-OH is 2. The van der Waals surface area contributed by atoms with Gasteiger partial charge in [-0.1, -0.05) is 142 Å². The van der Waals surface area contributed by atoms with Gasteiger partial charge in [-0.05, 0) is 26.7 Å². The van der Waals surface area contributed by atoms with E-state index in [-0.39, 0.29) is 0 Å². The molecule has 0 bridgehead atoms. The van der Waals surface area contributed by atoms with Gasteiger partial charge in [0, 0.05) is 0 Å². The van der Waals surface area contributed by atoms with Gasteiger partial charge in [-0.25, -0.2) is 0 Å². The maximum Gasteiger partial charge on any atom is 0.164 e. The molecule has 0 aliphatic carbocycles. The van der Waals surface area contributed by atoms with Crippen molar-refractivity contribution >= 4 is 0 Å². The molecule has 1 saturated heterocycles. The SMILES string of the molecule is CCCCCCCCCCCC[C@@H](O)[C@@H]1OC(C)(C)O[C@H]1[C@H](O)CCCCCCCCCCCC. The second-order valence-electron chi connectivity index (χ2n) is 11.6. The van der Waals surface area contributed by atoms with Crippen molar-refractivity contribution in [1.82, 2.24) is 0 Å². The van der Waals surface area contributed by atoms with Crippen LogP contribution >= 0.6 is 0 Å². The predicted octanol–water partition coefficient (Wildman–Crippen LogP) is 8.85. The Hall–Kier alpha value is -0.160. The predicted molar refractivity (Wildman–Crippen MR) is 149 cm³/mol. The van der Waals surface area contributed by atoms with E-state index in [0.717, 1.165) is 38.5 Å². The van der Waals surface area contributed by atoms with Gasteiger partial charge in [-0.3, -0.25) is 0 Å². The van der Waals surface area contributed by atoms with Crippen molar-refractivity contribution in [1.29, 1.82) is 0 Å². The van der Waals surface area contributed by atoms with E-state index in [2.05, 4.69) is 13.8 Å². The van der Waals surface area contributed by atoms with Crippen molar-refractivity contribution < 1.29 is 19.7 Å². The highest BCUT2D eigenvalue weighted by molar-refractivity contribution is 4.90. The molecule has 0 spiro atoms. The highest BCUT2D eigenvalue weighted by Crippen LogP contribution is 2.34. The minimum absolute atomic E-state index is 0.429. The fourth-order valence-corrected chi connectivity index (χ4v) is 5.42. The summed E-state index contributed by atoms with van der Waals surface area (Å²) in [5.74, 6) is -0.743. The van der Waals surface area contributed by atoms with Crippen LogP contribution in [0.25, 0.3) is 0 Å². The van der Waals surface area contributed by atoms with Gasteiger partial charge in [0.05, 0.1) is 12.2 Å². The summed E-state index contributed by atoms with van der Waals surface area (Å²) in [6, 6.07) is 0. The Bertz CT molecular complexity index is 427. The Morgan fingerprint density at radius 2 is 0.743 bits per heavy atom. The Kier molecular flexibility index (Phi) is 19.6. The second kappa shape index (κ2) is 20.8. The Labute approximate surface area is 218 Å². The van der Waals surface area contributed by atoms with E-state index < -0.39 is 30.2 Å². The van der Waals surface area contributed by atoms with Gasteiger partial charge >= 0.3 is 0 Å². The third-order valence-electron chi connectivity index (χ3n) is 7.63. The van der Waals surface area contributed by atoms with Crippen LogP contribution in [0.4, 0.5) is 0 Å². The molecule has 0 radical (unpaired) electrons. The van der Waals surface area contributed by atoms with Crippen LogP contribution in [0.5, 0.6) is 0 Å². The number of hydrogen-bond acceptors (Lipinski definition) is 4.